The summed E-state index contributed by atoms with van der Waals surface area (Å²) in [5.74, 6) is 0. The predicted octanol–water partition coefficient (Wildman–Crippen LogP) is 11.8. The highest BCUT2D eigenvalue weighted by atomic mass is 31.1. The number of benzene rings is 6. The molecule has 0 amide bonds. The average Bonchev–Trinajstić information content (AvgIpc) is 3.18. The molecule has 0 bridgehead atoms. The van der Waals surface area contributed by atoms with Crippen LogP contribution in [0.25, 0.3) is 0 Å². The van der Waals surface area contributed by atoms with Crippen molar-refractivity contribution in [1.29, 1.82) is 0 Å². The van der Waals surface area contributed by atoms with Crippen LogP contribution < -0.4 is 32.1 Å². The maximum absolute atomic E-state index is 2.46. The van der Waals surface area contributed by atoms with E-state index in [1.54, 1.807) is 0 Å². The van der Waals surface area contributed by atoms with Crippen LogP contribution in [-0.2, 0) is 21.7 Å². The predicted molar refractivity (Wildman–Crippen MR) is 261 cm³/mol. The van der Waals surface area contributed by atoms with Crippen molar-refractivity contribution in [2.45, 2.75) is 105 Å². The largest absolute Gasteiger partial charge is 0.204 e. The first kappa shape index (κ1) is 42.8. The fourth-order valence-corrected chi connectivity index (χ4v) is 14.3. The first-order valence-corrected chi connectivity index (χ1v) is 24.1. The van der Waals surface area contributed by atoms with Gasteiger partial charge in [0.15, 0.2) is 0 Å². The summed E-state index contributed by atoms with van der Waals surface area (Å²) in [4.78, 5) is 0. The number of hydrogen-bond donors (Lipinski definition) is 0. The first-order chi connectivity index (χ1) is 26.8. The molecule has 0 aliphatic carbocycles. The van der Waals surface area contributed by atoms with Crippen molar-refractivity contribution in [3.63, 3.8) is 0 Å². The van der Waals surface area contributed by atoms with E-state index in [1.165, 1.54) is 54.4 Å². The van der Waals surface area contributed by atoms with Crippen LogP contribution in [0.15, 0.2) is 158 Å². The Morgan fingerprint density at radius 1 is 0.298 bits per heavy atom. The molecule has 0 spiro atoms. The molecule has 0 aliphatic heterocycles. The second-order valence-corrected chi connectivity index (χ2v) is 25.0. The van der Waals surface area contributed by atoms with Gasteiger partial charge in [-0.2, -0.15) is 0 Å². The maximum Gasteiger partial charge on any atom is 0.0646 e. The molecule has 0 heterocycles. The van der Waals surface area contributed by atoms with E-state index in [0.29, 0.717) is 0 Å². The molecule has 0 aromatic heterocycles. The zero-order chi connectivity index (χ0) is 41.2. The summed E-state index contributed by atoms with van der Waals surface area (Å²) in [6.07, 6.45) is -1.30. The summed E-state index contributed by atoms with van der Waals surface area (Å²) >= 11 is 0. The van der Waals surface area contributed by atoms with Crippen LogP contribution in [0.3, 0.4) is 0 Å². The van der Waals surface area contributed by atoms with Gasteiger partial charge in [0.1, 0.15) is 0 Å². The molecule has 0 fully saturated rings. The molecule has 3 heteroatoms. The molecule has 0 saturated carbocycles. The zero-order valence-electron chi connectivity index (χ0n) is 36.9. The molecular weight excluding hydrogens is 721 g/mol. The summed E-state index contributed by atoms with van der Waals surface area (Å²) in [7, 11) is -1.51. The van der Waals surface area contributed by atoms with Crippen molar-refractivity contribution in [3.05, 3.63) is 180 Å². The molecule has 6 aromatic carbocycles. The first-order valence-electron chi connectivity index (χ1n) is 21.0. The second kappa shape index (κ2) is 16.8. The third-order valence-electron chi connectivity index (χ3n) is 12.0. The topological polar surface area (TPSA) is 0 Å². The van der Waals surface area contributed by atoms with Gasteiger partial charge < -0.3 is 0 Å². The summed E-state index contributed by atoms with van der Waals surface area (Å²) in [5.41, 5.74) is 8.83. The quantitative estimate of drug-likeness (QED) is 0.0958. The average molecular weight is 788 g/mol. The molecule has 296 valence electrons. The van der Waals surface area contributed by atoms with Gasteiger partial charge in [-0.05, 0) is 65.1 Å². The third-order valence-corrected chi connectivity index (χ3v) is 17.7. The van der Waals surface area contributed by atoms with Crippen LogP contribution >= 0.6 is 15.8 Å². The molecule has 0 radical (unpaired) electrons. The SMILES string of the molecule is CC(C)(C)c1ccc(P(C[B-](CP(c2ccc(C(C)(C)C)cc2)c2ccc(C(C)(C)C)cc2)(c2ccccc2)c2ccccc2)c2ccc(C(C)(C)C)cc2)cc1. The van der Waals surface area contributed by atoms with Crippen molar-refractivity contribution < 1.29 is 0 Å². The monoisotopic (exact) mass is 787 g/mol. The lowest BCUT2D eigenvalue weighted by atomic mass is 9.21. The fraction of sp³-hybridized carbons (Fsp3) is 0.333. The van der Waals surface area contributed by atoms with E-state index < -0.39 is 22.0 Å². The molecule has 6 rings (SSSR count). The maximum atomic E-state index is 2.46. The summed E-state index contributed by atoms with van der Waals surface area (Å²) in [6, 6.07) is 64.2. The molecule has 0 saturated heterocycles. The lowest BCUT2D eigenvalue weighted by Gasteiger charge is -2.47. The van der Waals surface area contributed by atoms with Crippen LogP contribution in [-0.4, -0.2) is 18.3 Å². The van der Waals surface area contributed by atoms with Crippen LogP contribution in [0.5, 0.6) is 0 Å². The van der Waals surface area contributed by atoms with Gasteiger partial charge >= 0.3 is 0 Å². The van der Waals surface area contributed by atoms with Gasteiger partial charge in [0, 0.05) is 0 Å². The van der Waals surface area contributed by atoms with Gasteiger partial charge in [-0.1, -0.05) is 257 Å². The summed E-state index contributed by atoms with van der Waals surface area (Å²) in [6.45, 7) is 27.8. The van der Waals surface area contributed by atoms with Crippen LogP contribution in [0.2, 0.25) is 0 Å². The minimum absolute atomic E-state index is 0.0956. The van der Waals surface area contributed by atoms with E-state index in [0.717, 1.165) is 12.1 Å². The number of hydrogen-bond acceptors (Lipinski definition) is 0. The van der Waals surface area contributed by atoms with Gasteiger partial charge in [-0.25, -0.2) is 10.9 Å². The Bertz CT molecular complexity index is 1900. The van der Waals surface area contributed by atoms with Crippen molar-refractivity contribution in [2.24, 2.45) is 0 Å². The normalized spacial score (nSPS) is 13.0. The summed E-state index contributed by atoms with van der Waals surface area (Å²) in [5, 5.41) is 5.81. The van der Waals surface area contributed by atoms with Gasteiger partial charge in [-0.3, -0.25) is 0 Å². The minimum atomic E-state index is -1.30. The number of rotatable bonds is 10. The highest BCUT2D eigenvalue weighted by molar-refractivity contribution is 7.79. The molecule has 0 unspecified atom stereocenters. The van der Waals surface area contributed by atoms with E-state index in [4.69, 9.17) is 0 Å². The molecule has 6 aromatic rings. The standard InChI is InChI=1S/C54H66BP2/c1-51(2,3)41-23-31-47(32-24-41)56(48-33-25-42(26-34-48)52(4,5)6)39-55(45-19-15-13-16-20-45,46-21-17-14-18-22-46)40-57(49-35-27-43(28-36-49)53(7,8)9)50-37-29-44(30-38-50)54(10,11)12/h13-38H,39-40H2,1-12H3/q-1. The zero-order valence-corrected chi connectivity index (χ0v) is 38.7. The highest BCUT2D eigenvalue weighted by Crippen LogP contribution is 2.44. The van der Waals surface area contributed by atoms with Gasteiger partial charge in [0.25, 0.3) is 0 Å². The molecule has 57 heavy (non-hydrogen) atoms. The Hall–Kier alpha value is -3.76. The second-order valence-electron chi connectivity index (χ2n) is 20.5. The van der Waals surface area contributed by atoms with E-state index in [1.807, 2.05) is 0 Å². The Balaban J connectivity index is 1.61. The van der Waals surface area contributed by atoms with Crippen molar-refractivity contribution in [2.75, 3.05) is 12.1 Å². The molecule has 0 aliphatic rings. The van der Waals surface area contributed by atoms with E-state index in [-0.39, 0.29) is 21.7 Å². The van der Waals surface area contributed by atoms with E-state index in [9.17, 15) is 0 Å². The van der Waals surface area contributed by atoms with E-state index >= 15 is 0 Å². The van der Waals surface area contributed by atoms with Gasteiger partial charge in [0.05, 0.1) is 6.15 Å². The Morgan fingerprint density at radius 3 is 0.702 bits per heavy atom. The molecule has 0 N–H and O–H groups in total. The smallest absolute Gasteiger partial charge is 0.0646 e. The van der Waals surface area contributed by atoms with Crippen molar-refractivity contribution >= 4 is 54.1 Å². The van der Waals surface area contributed by atoms with Crippen LogP contribution in [0.4, 0.5) is 0 Å². The summed E-state index contributed by atoms with van der Waals surface area (Å²) < 4.78 is 0. The molecule has 0 atom stereocenters. The van der Waals surface area contributed by atoms with Gasteiger partial charge in [-0.15, -0.1) is 12.1 Å². The van der Waals surface area contributed by atoms with Crippen LogP contribution in [0.1, 0.15) is 105 Å². The lowest BCUT2D eigenvalue weighted by molar-refractivity contribution is 0.590. The Morgan fingerprint density at radius 2 is 0.509 bits per heavy atom. The van der Waals surface area contributed by atoms with E-state index in [2.05, 4.69) is 241 Å². The fourth-order valence-electron chi connectivity index (χ4n) is 8.22. The third kappa shape index (κ3) is 10.1. The van der Waals surface area contributed by atoms with Crippen LogP contribution in [0, 0.1) is 0 Å². The molecule has 0 nitrogen and oxygen atoms in total. The molecular formula is C54H66BP2-. The van der Waals surface area contributed by atoms with Crippen molar-refractivity contribution in [1.82, 2.24) is 0 Å². The Kier molecular flexibility index (Phi) is 12.7. The van der Waals surface area contributed by atoms with Gasteiger partial charge in [0.2, 0.25) is 0 Å². The minimum Gasteiger partial charge on any atom is -0.204 e. The van der Waals surface area contributed by atoms with Crippen molar-refractivity contribution in [3.8, 4) is 0 Å². The Labute approximate surface area is 349 Å². The lowest BCUT2D eigenvalue weighted by Crippen LogP contribution is -2.65. The highest BCUT2D eigenvalue weighted by Gasteiger charge is 2.36.